The molecule has 2 rings (SSSR count). The van der Waals surface area contributed by atoms with Gasteiger partial charge < -0.3 is 9.63 Å². The lowest BCUT2D eigenvalue weighted by Gasteiger charge is -2.21. The summed E-state index contributed by atoms with van der Waals surface area (Å²) in [6.45, 7) is 1.61. The topological polar surface area (TPSA) is 66.6 Å². The lowest BCUT2D eigenvalue weighted by atomic mass is 10.1. The Bertz CT molecular complexity index is 323. The molecule has 5 heteroatoms. The maximum absolute atomic E-state index is 10.6. The van der Waals surface area contributed by atoms with Crippen molar-refractivity contribution in [3.63, 3.8) is 0 Å². The molecule has 0 spiro atoms. The van der Waals surface area contributed by atoms with E-state index in [2.05, 4.69) is 10.1 Å². The SMILES string of the molecule is O=C(O)CC1CCCN1Cc1ccno1. The number of carbonyl (C=O) groups is 1. The highest BCUT2D eigenvalue weighted by Gasteiger charge is 2.27. The van der Waals surface area contributed by atoms with Crippen molar-refractivity contribution in [1.29, 1.82) is 0 Å². The Kier molecular flexibility index (Phi) is 3.01. The summed E-state index contributed by atoms with van der Waals surface area (Å²) in [5.41, 5.74) is 0. The van der Waals surface area contributed by atoms with E-state index in [1.165, 1.54) is 0 Å². The van der Waals surface area contributed by atoms with Crippen molar-refractivity contribution in [2.45, 2.75) is 31.8 Å². The molecule has 82 valence electrons. The van der Waals surface area contributed by atoms with Crippen molar-refractivity contribution in [1.82, 2.24) is 10.1 Å². The van der Waals surface area contributed by atoms with Gasteiger partial charge in [-0.15, -0.1) is 0 Å². The predicted octanol–water partition coefficient (Wildman–Crippen LogP) is 1.11. The average Bonchev–Trinajstić information content (AvgIpc) is 2.78. The third-order valence-electron chi connectivity index (χ3n) is 2.76. The van der Waals surface area contributed by atoms with Gasteiger partial charge in [0.1, 0.15) is 0 Å². The Morgan fingerprint density at radius 2 is 2.60 bits per heavy atom. The maximum Gasteiger partial charge on any atom is 0.304 e. The Morgan fingerprint density at radius 3 is 3.27 bits per heavy atom. The first-order valence-electron chi connectivity index (χ1n) is 5.11. The highest BCUT2D eigenvalue weighted by atomic mass is 16.5. The molecule has 15 heavy (non-hydrogen) atoms. The van der Waals surface area contributed by atoms with E-state index in [4.69, 9.17) is 9.63 Å². The number of carboxylic acids is 1. The number of aliphatic carboxylic acids is 1. The normalized spacial score (nSPS) is 22.0. The first kappa shape index (κ1) is 10.2. The summed E-state index contributed by atoms with van der Waals surface area (Å²) in [5.74, 6) is 0.0664. The van der Waals surface area contributed by atoms with Gasteiger partial charge in [0.05, 0.1) is 19.2 Å². The number of hydrogen-bond donors (Lipinski definition) is 1. The predicted molar refractivity (Wildman–Crippen MR) is 52.2 cm³/mol. The maximum atomic E-state index is 10.6. The number of hydrogen-bond acceptors (Lipinski definition) is 4. The van der Waals surface area contributed by atoms with Gasteiger partial charge in [0.15, 0.2) is 5.76 Å². The molecule has 0 aromatic carbocycles. The monoisotopic (exact) mass is 210 g/mol. The Hall–Kier alpha value is -1.36. The zero-order chi connectivity index (χ0) is 10.7. The van der Waals surface area contributed by atoms with Crippen molar-refractivity contribution in [2.24, 2.45) is 0 Å². The van der Waals surface area contributed by atoms with Gasteiger partial charge in [-0.2, -0.15) is 0 Å². The molecule has 1 aliphatic rings. The largest absolute Gasteiger partial charge is 0.481 e. The Balaban J connectivity index is 1.93. The molecule has 2 heterocycles. The number of carboxylic acid groups (broad SMARTS) is 1. The molecule has 0 aliphatic carbocycles. The summed E-state index contributed by atoms with van der Waals surface area (Å²) in [7, 11) is 0. The quantitative estimate of drug-likeness (QED) is 0.806. The van der Waals surface area contributed by atoms with Crippen LogP contribution in [0.3, 0.4) is 0 Å². The molecule has 5 nitrogen and oxygen atoms in total. The second-order valence-electron chi connectivity index (χ2n) is 3.84. The average molecular weight is 210 g/mol. The van der Waals surface area contributed by atoms with E-state index in [-0.39, 0.29) is 12.5 Å². The van der Waals surface area contributed by atoms with Crippen LogP contribution in [0.1, 0.15) is 25.0 Å². The van der Waals surface area contributed by atoms with Gasteiger partial charge in [-0.25, -0.2) is 0 Å². The van der Waals surface area contributed by atoms with Crippen LogP contribution in [0.2, 0.25) is 0 Å². The zero-order valence-electron chi connectivity index (χ0n) is 8.43. The molecule has 0 radical (unpaired) electrons. The van der Waals surface area contributed by atoms with E-state index in [1.807, 2.05) is 6.07 Å². The van der Waals surface area contributed by atoms with E-state index >= 15 is 0 Å². The van der Waals surface area contributed by atoms with Gasteiger partial charge in [0, 0.05) is 12.1 Å². The van der Waals surface area contributed by atoms with Crippen LogP contribution in [0.15, 0.2) is 16.8 Å². The van der Waals surface area contributed by atoms with Crippen LogP contribution < -0.4 is 0 Å². The van der Waals surface area contributed by atoms with Crippen LogP contribution >= 0.6 is 0 Å². The second-order valence-corrected chi connectivity index (χ2v) is 3.84. The van der Waals surface area contributed by atoms with Gasteiger partial charge in [0.25, 0.3) is 0 Å². The highest BCUT2D eigenvalue weighted by Crippen LogP contribution is 2.22. The molecular formula is C10H14N2O3. The molecule has 0 bridgehead atoms. The van der Waals surface area contributed by atoms with E-state index in [1.54, 1.807) is 6.20 Å². The summed E-state index contributed by atoms with van der Waals surface area (Å²) < 4.78 is 5.01. The summed E-state index contributed by atoms with van der Waals surface area (Å²) in [4.78, 5) is 12.8. The lowest BCUT2D eigenvalue weighted by Crippen LogP contribution is -2.30. The van der Waals surface area contributed by atoms with Gasteiger partial charge in [-0.1, -0.05) is 5.16 Å². The third kappa shape index (κ3) is 2.56. The van der Waals surface area contributed by atoms with Crippen LogP contribution in [0.4, 0.5) is 0 Å². The minimum absolute atomic E-state index is 0.146. The van der Waals surface area contributed by atoms with Crippen LogP contribution in [-0.4, -0.2) is 33.7 Å². The van der Waals surface area contributed by atoms with Crippen molar-refractivity contribution in [3.8, 4) is 0 Å². The van der Waals surface area contributed by atoms with Gasteiger partial charge in [-0.3, -0.25) is 9.69 Å². The summed E-state index contributed by atoms with van der Waals surface area (Å²) in [6, 6.07) is 1.96. The molecule has 1 aromatic rings. The van der Waals surface area contributed by atoms with Crippen molar-refractivity contribution in [2.75, 3.05) is 6.54 Å². The molecule has 1 aliphatic heterocycles. The molecule has 0 saturated carbocycles. The first-order chi connectivity index (χ1) is 7.25. The fourth-order valence-electron chi connectivity index (χ4n) is 2.06. The summed E-state index contributed by atoms with van der Waals surface area (Å²) >= 11 is 0. The summed E-state index contributed by atoms with van der Waals surface area (Å²) in [6.07, 6.45) is 3.85. The minimum atomic E-state index is -0.732. The lowest BCUT2D eigenvalue weighted by molar-refractivity contribution is -0.138. The molecule has 0 amide bonds. The van der Waals surface area contributed by atoms with Crippen LogP contribution in [-0.2, 0) is 11.3 Å². The highest BCUT2D eigenvalue weighted by molar-refractivity contribution is 5.67. The van der Waals surface area contributed by atoms with Crippen molar-refractivity contribution >= 4 is 5.97 Å². The molecule has 1 atom stereocenters. The van der Waals surface area contributed by atoms with E-state index in [0.717, 1.165) is 25.1 Å². The summed E-state index contributed by atoms with van der Waals surface area (Å²) in [5, 5.41) is 12.4. The van der Waals surface area contributed by atoms with E-state index in [0.29, 0.717) is 6.54 Å². The molecular weight excluding hydrogens is 196 g/mol. The number of aromatic nitrogens is 1. The number of likely N-dealkylation sites (tertiary alicyclic amines) is 1. The van der Waals surface area contributed by atoms with Gasteiger partial charge in [-0.05, 0) is 19.4 Å². The Labute approximate surface area is 87.7 Å². The van der Waals surface area contributed by atoms with Crippen molar-refractivity contribution < 1.29 is 14.4 Å². The van der Waals surface area contributed by atoms with Crippen LogP contribution in [0, 0.1) is 0 Å². The standard InChI is InChI=1S/C10H14N2O3/c13-10(14)6-8-2-1-5-12(8)7-9-3-4-11-15-9/h3-4,8H,1-2,5-7H2,(H,13,14). The molecule has 1 aromatic heterocycles. The van der Waals surface area contributed by atoms with Crippen LogP contribution in [0.5, 0.6) is 0 Å². The van der Waals surface area contributed by atoms with Crippen LogP contribution in [0.25, 0.3) is 0 Å². The van der Waals surface area contributed by atoms with E-state index < -0.39 is 5.97 Å². The smallest absolute Gasteiger partial charge is 0.304 e. The third-order valence-corrected chi connectivity index (χ3v) is 2.76. The molecule has 1 saturated heterocycles. The van der Waals surface area contributed by atoms with Gasteiger partial charge >= 0.3 is 5.97 Å². The van der Waals surface area contributed by atoms with E-state index in [9.17, 15) is 4.79 Å². The molecule has 1 N–H and O–H groups in total. The van der Waals surface area contributed by atoms with Gasteiger partial charge in [0.2, 0.25) is 0 Å². The minimum Gasteiger partial charge on any atom is -0.481 e. The number of rotatable bonds is 4. The van der Waals surface area contributed by atoms with Crippen molar-refractivity contribution in [3.05, 3.63) is 18.0 Å². The Morgan fingerprint density at radius 1 is 1.73 bits per heavy atom. The first-order valence-corrected chi connectivity index (χ1v) is 5.11. The number of nitrogens with zero attached hydrogens (tertiary/aromatic N) is 2. The fraction of sp³-hybridized carbons (Fsp3) is 0.600. The second kappa shape index (κ2) is 4.44. The fourth-order valence-corrected chi connectivity index (χ4v) is 2.06. The molecule has 1 unspecified atom stereocenters. The molecule has 1 fully saturated rings. The zero-order valence-corrected chi connectivity index (χ0v) is 8.43.